The lowest BCUT2D eigenvalue weighted by atomic mass is 9.90. The molecule has 1 aromatic heterocycles. The van der Waals surface area contributed by atoms with Crippen LogP contribution < -0.4 is 26.0 Å². The average Bonchev–Trinajstić information content (AvgIpc) is 3.64. The molecule has 1 heterocycles. The molecular weight excluding hydrogens is 706 g/mol. The maximum absolute atomic E-state index is 13.5. The fourth-order valence-corrected chi connectivity index (χ4v) is 5.47. The molecule has 17 nitrogen and oxygen atoms in total. The maximum Gasteiger partial charge on any atom is 0.436 e. The van der Waals surface area contributed by atoms with Gasteiger partial charge in [-0.15, -0.1) is 0 Å². The van der Waals surface area contributed by atoms with Gasteiger partial charge in [-0.3, -0.25) is 29.3 Å². The van der Waals surface area contributed by atoms with Gasteiger partial charge in [-0.2, -0.15) is 5.06 Å². The summed E-state index contributed by atoms with van der Waals surface area (Å²) in [5, 5.41) is 29.1. The monoisotopic (exact) mass is 751 g/mol. The van der Waals surface area contributed by atoms with Crippen molar-refractivity contribution in [3.8, 4) is 17.1 Å². The maximum atomic E-state index is 13.5. The summed E-state index contributed by atoms with van der Waals surface area (Å²) in [5.41, 5.74) is 0.816. The van der Waals surface area contributed by atoms with Crippen molar-refractivity contribution in [1.82, 2.24) is 21.0 Å². The van der Waals surface area contributed by atoms with Gasteiger partial charge in [0.25, 0.3) is 11.8 Å². The molecule has 17 heteroatoms. The van der Waals surface area contributed by atoms with Crippen LogP contribution >= 0.6 is 0 Å². The number of hydrogen-bond acceptors (Lipinski definition) is 10. The zero-order valence-electron chi connectivity index (χ0n) is 30.2. The smallest absolute Gasteiger partial charge is 0.436 e. The standard InChI is InChI=1S/C37H45N5O12/c1-4-7-9-14-25(28(5-2)42(22-43)54-37(51)40-24-12-10-8-11-13-24)33(46)38-21-39-35(48)30-18-17-29(53-30)23-15-16-26(31(19-23)52-6-3)34(47)41-27(36(49)50)20-32(44)45/h8,10-13,15-19,22,25,27-28H,4-7,9,14,20-21H2,1-3H3,(H,38,46)(H,39,48)(H,40,51)(H,41,47)(H,44,45)(H,49,50)/t25?,27?,28-/m1/s1. The van der Waals surface area contributed by atoms with Gasteiger partial charge in [0.2, 0.25) is 12.3 Å². The van der Waals surface area contributed by atoms with Gasteiger partial charge in [0, 0.05) is 11.3 Å². The van der Waals surface area contributed by atoms with Crippen LogP contribution in [-0.2, 0) is 24.0 Å². The molecule has 0 radical (unpaired) electrons. The number of carboxylic acids is 2. The second kappa shape index (κ2) is 21.2. The van der Waals surface area contributed by atoms with Crippen LogP contribution in [0, 0.1) is 5.92 Å². The Bertz CT molecular complexity index is 1760. The highest BCUT2D eigenvalue weighted by molar-refractivity contribution is 6.00. The number of benzene rings is 2. The average molecular weight is 752 g/mol. The van der Waals surface area contributed by atoms with Crippen LogP contribution in [0.4, 0.5) is 10.5 Å². The number of amides is 5. The molecule has 3 aromatic rings. The van der Waals surface area contributed by atoms with Gasteiger partial charge in [-0.25, -0.2) is 9.59 Å². The number of hydrogen-bond donors (Lipinski definition) is 6. The Morgan fingerprint density at radius 2 is 1.65 bits per heavy atom. The van der Waals surface area contributed by atoms with Crippen molar-refractivity contribution in [3.05, 3.63) is 72.0 Å². The number of carbonyl (C=O) groups excluding carboxylic acids is 5. The third-order valence-electron chi connectivity index (χ3n) is 8.11. The van der Waals surface area contributed by atoms with E-state index in [0.717, 1.165) is 17.9 Å². The van der Waals surface area contributed by atoms with Crippen molar-refractivity contribution in [3.63, 3.8) is 0 Å². The van der Waals surface area contributed by atoms with E-state index in [1.807, 2.05) is 6.92 Å². The van der Waals surface area contributed by atoms with Gasteiger partial charge in [-0.05, 0) is 56.2 Å². The topological polar surface area (TPSA) is 243 Å². The van der Waals surface area contributed by atoms with Crippen LogP contribution in [-0.4, -0.2) is 82.8 Å². The second-order valence-corrected chi connectivity index (χ2v) is 11.9. The Hall–Kier alpha value is -6.39. The predicted molar refractivity (Wildman–Crippen MR) is 193 cm³/mol. The lowest BCUT2D eigenvalue weighted by molar-refractivity contribution is -0.167. The summed E-state index contributed by atoms with van der Waals surface area (Å²) in [4.78, 5) is 91.7. The van der Waals surface area contributed by atoms with Gasteiger partial charge < -0.3 is 40.2 Å². The first kappa shape index (κ1) is 42.0. The van der Waals surface area contributed by atoms with Crippen LogP contribution in [0.1, 0.15) is 80.2 Å². The number of para-hydroxylation sites is 1. The summed E-state index contributed by atoms with van der Waals surface area (Å²) >= 11 is 0. The number of nitrogens with one attached hydrogen (secondary N) is 4. The molecule has 290 valence electrons. The largest absolute Gasteiger partial charge is 0.493 e. The summed E-state index contributed by atoms with van der Waals surface area (Å²) in [6.45, 7) is 5.28. The summed E-state index contributed by atoms with van der Waals surface area (Å²) < 4.78 is 11.3. The van der Waals surface area contributed by atoms with Crippen LogP contribution in [0.2, 0.25) is 0 Å². The van der Waals surface area contributed by atoms with Crippen molar-refractivity contribution in [2.75, 3.05) is 18.6 Å². The molecule has 0 aliphatic carbocycles. The van der Waals surface area contributed by atoms with E-state index < -0.39 is 60.2 Å². The van der Waals surface area contributed by atoms with Crippen LogP contribution in [0.15, 0.2) is 65.1 Å². The molecule has 0 saturated carbocycles. The van der Waals surface area contributed by atoms with Crippen LogP contribution in [0.25, 0.3) is 11.3 Å². The van der Waals surface area contributed by atoms with Crippen LogP contribution in [0.3, 0.4) is 0 Å². The molecule has 0 aliphatic heterocycles. The van der Waals surface area contributed by atoms with E-state index in [-0.39, 0.29) is 42.5 Å². The summed E-state index contributed by atoms with van der Waals surface area (Å²) in [6, 6.07) is 13.2. The first-order chi connectivity index (χ1) is 25.9. The van der Waals surface area contributed by atoms with E-state index in [9.17, 15) is 38.7 Å². The van der Waals surface area contributed by atoms with E-state index in [0.29, 0.717) is 30.5 Å². The Morgan fingerprint density at radius 1 is 0.907 bits per heavy atom. The lowest BCUT2D eigenvalue weighted by Crippen LogP contribution is -2.49. The van der Waals surface area contributed by atoms with Crippen molar-refractivity contribution in [1.29, 1.82) is 0 Å². The Balaban J connectivity index is 1.67. The molecule has 54 heavy (non-hydrogen) atoms. The minimum absolute atomic E-state index is 0.0471. The minimum Gasteiger partial charge on any atom is -0.493 e. The van der Waals surface area contributed by atoms with E-state index in [1.54, 1.807) is 44.2 Å². The van der Waals surface area contributed by atoms with Gasteiger partial charge in [0.05, 0.1) is 37.2 Å². The normalized spacial score (nSPS) is 12.3. The van der Waals surface area contributed by atoms with E-state index in [2.05, 4.69) is 21.3 Å². The molecule has 0 bridgehead atoms. The van der Waals surface area contributed by atoms with E-state index in [4.69, 9.17) is 19.1 Å². The molecule has 2 aromatic carbocycles. The fraction of sp³-hybridized carbons (Fsp3) is 0.378. The highest BCUT2D eigenvalue weighted by atomic mass is 16.7. The molecule has 0 saturated heterocycles. The number of aliphatic carboxylic acids is 2. The number of rotatable bonds is 22. The number of furan rings is 1. The number of ether oxygens (including phenoxy) is 1. The molecule has 6 N–H and O–H groups in total. The molecule has 0 spiro atoms. The Labute approximate surface area is 311 Å². The number of carbonyl (C=O) groups is 7. The second-order valence-electron chi connectivity index (χ2n) is 11.9. The summed E-state index contributed by atoms with van der Waals surface area (Å²) in [5.74, 6) is -5.51. The van der Waals surface area contributed by atoms with E-state index >= 15 is 0 Å². The molecular formula is C37H45N5O12. The number of unbranched alkanes of at least 4 members (excludes halogenated alkanes) is 2. The lowest BCUT2D eigenvalue weighted by Gasteiger charge is -2.31. The quantitative estimate of drug-likeness (QED) is 0.0362. The third kappa shape index (κ3) is 12.4. The first-order valence-corrected chi connectivity index (χ1v) is 17.4. The molecule has 0 aliphatic rings. The van der Waals surface area contributed by atoms with Gasteiger partial charge in [-0.1, -0.05) is 57.4 Å². The number of carboxylic acid groups (broad SMARTS) is 2. The zero-order chi connectivity index (χ0) is 39.6. The molecule has 0 fully saturated rings. The van der Waals surface area contributed by atoms with Gasteiger partial charge in [0.15, 0.2) is 5.76 Å². The predicted octanol–water partition coefficient (Wildman–Crippen LogP) is 4.40. The summed E-state index contributed by atoms with van der Waals surface area (Å²) in [6.07, 6.45) is 1.67. The van der Waals surface area contributed by atoms with Gasteiger partial charge >= 0.3 is 18.0 Å². The number of anilines is 1. The van der Waals surface area contributed by atoms with Crippen LogP contribution in [0.5, 0.6) is 5.75 Å². The van der Waals surface area contributed by atoms with Crippen molar-refractivity contribution >= 4 is 47.9 Å². The number of hydroxylamine groups is 2. The minimum atomic E-state index is -1.67. The van der Waals surface area contributed by atoms with Crippen molar-refractivity contribution < 1.29 is 57.8 Å². The van der Waals surface area contributed by atoms with E-state index in [1.165, 1.54) is 30.3 Å². The Morgan fingerprint density at radius 3 is 2.28 bits per heavy atom. The highest BCUT2D eigenvalue weighted by Gasteiger charge is 2.33. The number of nitrogens with zero attached hydrogens (tertiary/aromatic N) is 1. The molecule has 3 rings (SSSR count). The van der Waals surface area contributed by atoms with Crippen molar-refractivity contribution in [2.24, 2.45) is 5.92 Å². The third-order valence-corrected chi connectivity index (χ3v) is 8.11. The van der Waals surface area contributed by atoms with Gasteiger partial charge in [0.1, 0.15) is 17.6 Å². The first-order valence-electron chi connectivity index (χ1n) is 17.4. The highest BCUT2D eigenvalue weighted by Crippen LogP contribution is 2.29. The molecule has 3 atom stereocenters. The zero-order valence-corrected chi connectivity index (χ0v) is 30.2. The molecule has 2 unspecified atom stereocenters. The fourth-order valence-electron chi connectivity index (χ4n) is 5.47. The molecule has 5 amide bonds. The SMILES string of the molecule is CCCCCC(C(=O)NCNC(=O)c1ccc(-c2ccc(C(=O)NC(CC(=O)O)C(=O)O)c(OCC)c2)o1)[C@@H](CC)N(C=O)OC(=O)Nc1ccccc1. The Kier molecular flexibility index (Phi) is 16.5. The van der Waals surface area contributed by atoms with Crippen molar-refractivity contribution in [2.45, 2.75) is 71.4 Å². The summed E-state index contributed by atoms with van der Waals surface area (Å²) in [7, 11) is 0.